The lowest BCUT2D eigenvalue weighted by molar-refractivity contribution is 0.299. The quantitative estimate of drug-likeness (QED) is 0.807. The van der Waals surface area contributed by atoms with Crippen molar-refractivity contribution in [3.8, 4) is 11.5 Å². The molecule has 102 valence electrons. The minimum absolute atomic E-state index is 0.213. The monoisotopic (exact) mass is 251 g/mol. The zero-order valence-corrected chi connectivity index (χ0v) is 11.9. The smallest absolute Gasteiger partial charge is 0.161 e. The number of ether oxygens (including phenoxy) is 1. The van der Waals surface area contributed by atoms with Crippen LogP contribution in [0.2, 0.25) is 0 Å². The van der Waals surface area contributed by atoms with Gasteiger partial charge in [-0.05, 0) is 50.6 Å². The van der Waals surface area contributed by atoms with Crippen molar-refractivity contribution in [2.45, 2.75) is 33.7 Å². The van der Waals surface area contributed by atoms with E-state index in [1.807, 2.05) is 19.1 Å². The highest BCUT2D eigenvalue weighted by Crippen LogP contribution is 2.27. The Morgan fingerprint density at radius 3 is 2.67 bits per heavy atom. The molecular weight excluding hydrogens is 226 g/mol. The summed E-state index contributed by atoms with van der Waals surface area (Å²) in [5.74, 6) is 1.52. The molecule has 0 aliphatic carbocycles. The predicted molar refractivity (Wildman–Crippen MR) is 75.1 cm³/mol. The van der Waals surface area contributed by atoms with E-state index in [4.69, 9.17) is 4.74 Å². The molecule has 1 N–H and O–H groups in total. The van der Waals surface area contributed by atoms with Gasteiger partial charge in [0.1, 0.15) is 0 Å². The second-order valence-corrected chi connectivity index (χ2v) is 5.16. The lowest BCUT2D eigenvalue weighted by Crippen LogP contribution is -2.20. The number of benzene rings is 1. The van der Waals surface area contributed by atoms with Crippen LogP contribution in [0.1, 0.15) is 32.8 Å². The first-order valence-electron chi connectivity index (χ1n) is 6.66. The van der Waals surface area contributed by atoms with Gasteiger partial charge in [-0.15, -0.1) is 0 Å². The van der Waals surface area contributed by atoms with Crippen molar-refractivity contribution < 1.29 is 9.84 Å². The second kappa shape index (κ2) is 7.27. The molecule has 18 heavy (non-hydrogen) atoms. The van der Waals surface area contributed by atoms with E-state index in [1.54, 1.807) is 6.07 Å². The summed E-state index contributed by atoms with van der Waals surface area (Å²) >= 11 is 0. The second-order valence-electron chi connectivity index (χ2n) is 5.16. The Morgan fingerprint density at radius 2 is 2.06 bits per heavy atom. The molecule has 3 nitrogen and oxygen atoms in total. The molecule has 0 fully saturated rings. The van der Waals surface area contributed by atoms with Gasteiger partial charge in [-0.1, -0.05) is 19.9 Å². The lowest BCUT2D eigenvalue weighted by Gasteiger charge is -2.18. The average molecular weight is 251 g/mol. The Bertz CT molecular complexity index is 364. The maximum atomic E-state index is 9.64. The van der Waals surface area contributed by atoms with Crippen molar-refractivity contribution in [3.05, 3.63) is 23.8 Å². The molecule has 0 bridgehead atoms. The first-order chi connectivity index (χ1) is 8.52. The summed E-state index contributed by atoms with van der Waals surface area (Å²) < 4.78 is 5.39. The fourth-order valence-electron chi connectivity index (χ4n) is 1.80. The molecular formula is C15H25NO2. The molecule has 0 aromatic heterocycles. The zero-order valence-electron chi connectivity index (χ0n) is 11.9. The Balaban J connectivity index is 2.58. The van der Waals surface area contributed by atoms with Gasteiger partial charge in [-0.3, -0.25) is 0 Å². The molecule has 0 atom stereocenters. The topological polar surface area (TPSA) is 32.7 Å². The van der Waals surface area contributed by atoms with Gasteiger partial charge < -0.3 is 14.7 Å². The zero-order chi connectivity index (χ0) is 13.5. The fraction of sp³-hybridized carbons (Fsp3) is 0.600. The van der Waals surface area contributed by atoms with E-state index in [0.29, 0.717) is 12.4 Å². The Morgan fingerprint density at radius 1 is 1.33 bits per heavy atom. The van der Waals surface area contributed by atoms with Crippen LogP contribution in [0.25, 0.3) is 0 Å². The van der Waals surface area contributed by atoms with Gasteiger partial charge >= 0.3 is 0 Å². The maximum Gasteiger partial charge on any atom is 0.161 e. The number of phenols is 1. The van der Waals surface area contributed by atoms with Crippen molar-refractivity contribution in [1.29, 1.82) is 0 Å². The van der Waals surface area contributed by atoms with Crippen molar-refractivity contribution >= 4 is 0 Å². The fourth-order valence-corrected chi connectivity index (χ4v) is 1.80. The number of rotatable bonds is 7. The Kier molecular flexibility index (Phi) is 5.99. The number of aromatic hydroxyl groups is 1. The number of phenolic OH excluding ortho intramolecular Hbond substituents is 1. The summed E-state index contributed by atoms with van der Waals surface area (Å²) in [6.45, 7) is 8.93. The Hall–Kier alpha value is -1.22. The molecule has 1 rings (SSSR count). The molecule has 0 aliphatic rings. The summed E-state index contributed by atoms with van der Waals surface area (Å²) in [6, 6.07) is 5.57. The van der Waals surface area contributed by atoms with Crippen molar-refractivity contribution in [3.63, 3.8) is 0 Å². The van der Waals surface area contributed by atoms with E-state index < -0.39 is 0 Å². The molecule has 0 saturated heterocycles. The SMILES string of the molecule is CCOc1cc(CN(C)CCC(C)C)ccc1O. The number of hydrogen-bond acceptors (Lipinski definition) is 3. The van der Waals surface area contributed by atoms with Crippen LogP contribution < -0.4 is 4.74 Å². The third-order valence-electron chi connectivity index (χ3n) is 2.86. The third kappa shape index (κ3) is 4.96. The summed E-state index contributed by atoms with van der Waals surface area (Å²) in [7, 11) is 2.12. The van der Waals surface area contributed by atoms with Gasteiger partial charge in [-0.25, -0.2) is 0 Å². The molecule has 0 aliphatic heterocycles. The highest BCUT2D eigenvalue weighted by Gasteiger charge is 2.06. The van der Waals surface area contributed by atoms with Crippen LogP contribution in [0.3, 0.4) is 0 Å². The maximum absolute atomic E-state index is 9.64. The average Bonchev–Trinajstić information content (AvgIpc) is 2.31. The summed E-state index contributed by atoms with van der Waals surface area (Å²) in [6.07, 6.45) is 1.20. The third-order valence-corrected chi connectivity index (χ3v) is 2.86. The number of hydrogen-bond donors (Lipinski definition) is 1. The van der Waals surface area contributed by atoms with Gasteiger partial charge in [0.2, 0.25) is 0 Å². The van der Waals surface area contributed by atoms with Gasteiger partial charge in [-0.2, -0.15) is 0 Å². The molecule has 3 heteroatoms. The lowest BCUT2D eigenvalue weighted by atomic mass is 10.1. The molecule has 0 spiro atoms. The van der Waals surface area contributed by atoms with Crippen molar-refractivity contribution in [2.24, 2.45) is 5.92 Å². The standard InChI is InChI=1S/C15H25NO2/c1-5-18-15-10-13(6-7-14(15)17)11-16(4)9-8-12(2)3/h6-7,10,12,17H,5,8-9,11H2,1-4H3. The van der Waals surface area contributed by atoms with E-state index in [0.717, 1.165) is 19.0 Å². The minimum Gasteiger partial charge on any atom is -0.504 e. The highest BCUT2D eigenvalue weighted by atomic mass is 16.5. The predicted octanol–water partition coefficient (Wildman–Crippen LogP) is 3.27. The van der Waals surface area contributed by atoms with Crippen LogP contribution in [-0.2, 0) is 6.54 Å². The molecule has 1 aromatic carbocycles. The van der Waals surface area contributed by atoms with Crippen LogP contribution >= 0.6 is 0 Å². The van der Waals surface area contributed by atoms with E-state index in [2.05, 4.69) is 25.8 Å². The first-order valence-corrected chi connectivity index (χ1v) is 6.66. The molecule has 1 aromatic rings. The van der Waals surface area contributed by atoms with E-state index in [-0.39, 0.29) is 5.75 Å². The van der Waals surface area contributed by atoms with E-state index >= 15 is 0 Å². The van der Waals surface area contributed by atoms with Crippen LogP contribution in [-0.4, -0.2) is 30.2 Å². The molecule has 0 radical (unpaired) electrons. The van der Waals surface area contributed by atoms with Crippen molar-refractivity contribution in [1.82, 2.24) is 4.90 Å². The number of nitrogens with zero attached hydrogens (tertiary/aromatic N) is 1. The molecule has 0 heterocycles. The van der Waals surface area contributed by atoms with Gasteiger partial charge in [0, 0.05) is 6.54 Å². The highest BCUT2D eigenvalue weighted by molar-refractivity contribution is 5.41. The van der Waals surface area contributed by atoms with Crippen LogP contribution in [0.5, 0.6) is 11.5 Å². The van der Waals surface area contributed by atoms with Crippen molar-refractivity contribution in [2.75, 3.05) is 20.2 Å². The molecule has 0 saturated carbocycles. The largest absolute Gasteiger partial charge is 0.504 e. The van der Waals surface area contributed by atoms with Crippen LogP contribution in [0.15, 0.2) is 18.2 Å². The summed E-state index contributed by atoms with van der Waals surface area (Å²) in [5.41, 5.74) is 1.17. The normalized spacial score (nSPS) is 11.2. The van der Waals surface area contributed by atoms with E-state index in [9.17, 15) is 5.11 Å². The Labute approximate surface area is 110 Å². The van der Waals surface area contributed by atoms with Gasteiger partial charge in [0.05, 0.1) is 6.61 Å². The van der Waals surface area contributed by atoms with E-state index in [1.165, 1.54) is 12.0 Å². The van der Waals surface area contributed by atoms with Gasteiger partial charge in [0.15, 0.2) is 11.5 Å². The molecule has 0 unspecified atom stereocenters. The summed E-state index contributed by atoms with van der Waals surface area (Å²) in [5, 5.41) is 9.64. The minimum atomic E-state index is 0.213. The molecule has 0 amide bonds. The summed E-state index contributed by atoms with van der Waals surface area (Å²) in [4.78, 5) is 2.29. The van der Waals surface area contributed by atoms with Crippen LogP contribution in [0.4, 0.5) is 0 Å². The first kappa shape index (κ1) is 14.8. The van der Waals surface area contributed by atoms with Crippen LogP contribution in [0, 0.1) is 5.92 Å². The van der Waals surface area contributed by atoms with Gasteiger partial charge in [0.25, 0.3) is 0 Å².